The van der Waals surface area contributed by atoms with Gasteiger partial charge in [-0.2, -0.15) is 5.10 Å². The van der Waals surface area contributed by atoms with E-state index in [0.717, 1.165) is 0 Å². The molecule has 1 aliphatic rings. The Labute approximate surface area is 103 Å². The van der Waals surface area contributed by atoms with E-state index in [4.69, 9.17) is 15.7 Å². The van der Waals surface area contributed by atoms with Crippen molar-refractivity contribution in [1.82, 2.24) is 15.1 Å². The van der Waals surface area contributed by atoms with Crippen LogP contribution in [0.2, 0.25) is 0 Å². The Hall–Kier alpha value is -2.09. The summed E-state index contributed by atoms with van der Waals surface area (Å²) in [5, 5.41) is 18.0. The van der Waals surface area contributed by atoms with Gasteiger partial charge < -0.3 is 20.6 Å². The number of carbonyl (C=O) groups is 1. The van der Waals surface area contributed by atoms with Crippen LogP contribution in [0.4, 0.5) is 0 Å². The summed E-state index contributed by atoms with van der Waals surface area (Å²) in [4.78, 5) is 13.8. The van der Waals surface area contributed by atoms with E-state index in [0.29, 0.717) is 24.4 Å². The maximum atomic E-state index is 12.2. The Morgan fingerprint density at radius 3 is 3.17 bits per heavy atom. The zero-order valence-corrected chi connectivity index (χ0v) is 9.96. The summed E-state index contributed by atoms with van der Waals surface area (Å²) in [7, 11) is 0. The van der Waals surface area contributed by atoms with Crippen LogP contribution in [-0.4, -0.2) is 57.8 Å². The molecule has 1 aromatic heterocycles. The van der Waals surface area contributed by atoms with Crippen LogP contribution >= 0.6 is 0 Å². The summed E-state index contributed by atoms with van der Waals surface area (Å²) in [6.07, 6.45) is 0.922. The molecule has 1 amide bonds. The topological polar surface area (TPSA) is 117 Å². The van der Waals surface area contributed by atoms with Gasteiger partial charge in [-0.3, -0.25) is 9.89 Å². The number of amidine groups is 1. The molecule has 8 nitrogen and oxygen atoms in total. The summed E-state index contributed by atoms with van der Waals surface area (Å²) in [6.45, 7) is 2.86. The highest BCUT2D eigenvalue weighted by molar-refractivity contribution is 5.95. The second-order valence-corrected chi connectivity index (χ2v) is 4.04. The molecule has 4 N–H and O–H groups in total. The van der Waals surface area contributed by atoms with Gasteiger partial charge in [0, 0.05) is 12.2 Å². The fourth-order valence-corrected chi connectivity index (χ4v) is 1.81. The molecular weight excluding hydrogens is 238 g/mol. The zero-order chi connectivity index (χ0) is 13.1. The number of aromatic nitrogens is 2. The number of H-pyrrole nitrogens is 1. The number of aryl methyl sites for hydroxylation is 1. The number of hydrogen-bond donors (Lipinski definition) is 3. The lowest BCUT2D eigenvalue weighted by Crippen LogP contribution is -2.50. The third-order valence-corrected chi connectivity index (χ3v) is 2.86. The van der Waals surface area contributed by atoms with Crippen LogP contribution in [0.1, 0.15) is 16.1 Å². The molecule has 2 heterocycles. The molecule has 0 bridgehead atoms. The lowest BCUT2D eigenvalue weighted by Gasteiger charge is -2.32. The Morgan fingerprint density at radius 2 is 2.56 bits per heavy atom. The van der Waals surface area contributed by atoms with Gasteiger partial charge in [-0.15, -0.1) is 0 Å². The number of nitrogens with one attached hydrogen (secondary N) is 1. The predicted octanol–water partition coefficient (Wildman–Crippen LogP) is -0.694. The predicted molar refractivity (Wildman–Crippen MR) is 62.4 cm³/mol. The van der Waals surface area contributed by atoms with Crippen LogP contribution in [0.15, 0.2) is 11.4 Å². The molecule has 1 aliphatic heterocycles. The van der Waals surface area contributed by atoms with Crippen molar-refractivity contribution in [2.75, 3.05) is 19.7 Å². The highest BCUT2D eigenvalue weighted by Crippen LogP contribution is 2.12. The first kappa shape index (κ1) is 12.4. The summed E-state index contributed by atoms with van der Waals surface area (Å²) < 4.78 is 5.33. The largest absolute Gasteiger partial charge is 0.409 e. The van der Waals surface area contributed by atoms with E-state index in [1.165, 1.54) is 6.20 Å². The van der Waals surface area contributed by atoms with Gasteiger partial charge in [0.05, 0.1) is 24.9 Å². The van der Waals surface area contributed by atoms with Crippen molar-refractivity contribution in [3.05, 3.63) is 17.5 Å². The van der Waals surface area contributed by atoms with E-state index in [9.17, 15) is 4.79 Å². The maximum Gasteiger partial charge on any atom is 0.257 e. The molecule has 18 heavy (non-hydrogen) atoms. The molecule has 1 atom stereocenters. The lowest BCUT2D eigenvalue weighted by atomic mass is 10.2. The van der Waals surface area contributed by atoms with Gasteiger partial charge in [-0.1, -0.05) is 5.16 Å². The number of rotatable bonds is 2. The highest BCUT2D eigenvalue weighted by atomic mass is 16.5. The van der Waals surface area contributed by atoms with E-state index < -0.39 is 6.10 Å². The van der Waals surface area contributed by atoms with Crippen molar-refractivity contribution in [3.63, 3.8) is 0 Å². The van der Waals surface area contributed by atoms with Crippen LogP contribution < -0.4 is 5.73 Å². The van der Waals surface area contributed by atoms with Crippen LogP contribution in [0.5, 0.6) is 0 Å². The third-order valence-electron chi connectivity index (χ3n) is 2.86. The molecule has 8 heteroatoms. The molecule has 2 rings (SSSR count). The molecule has 1 fully saturated rings. The molecule has 1 aromatic rings. The minimum Gasteiger partial charge on any atom is -0.409 e. The van der Waals surface area contributed by atoms with Crippen LogP contribution in [0.3, 0.4) is 0 Å². The number of hydrogen-bond acceptors (Lipinski definition) is 5. The fraction of sp³-hybridized carbons (Fsp3) is 0.500. The number of amides is 1. The minimum absolute atomic E-state index is 0.0311. The molecular formula is C10H15N5O3. The van der Waals surface area contributed by atoms with Crippen LogP contribution in [0.25, 0.3) is 0 Å². The number of nitrogens with zero attached hydrogens (tertiary/aromatic N) is 3. The molecule has 0 aromatic carbocycles. The van der Waals surface area contributed by atoms with Crippen molar-refractivity contribution in [2.24, 2.45) is 10.9 Å². The van der Waals surface area contributed by atoms with Gasteiger partial charge in [-0.25, -0.2) is 0 Å². The van der Waals surface area contributed by atoms with Crippen LogP contribution in [0, 0.1) is 6.92 Å². The Balaban J connectivity index is 2.10. The Morgan fingerprint density at radius 1 is 1.78 bits per heavy atom. The standard InChI is InChI=1S/C10H15N5O3/c1-6-7(4-12-13-6)10(16)15-2-3-18-8(5-15)9(11)14-17/h4,8,17H,2-3,5H2,1H3,(H2,11,14)(H,12,13). The van der Waals surface area contributed by atoms with E-state index in [2.05, 4.69) is 15.4 Å². The van der Waals surface area contributed by atoms with E-state index >= 15 is 0 Å². The first-order valence-electron chi connectivity index (χ1n) is 5.51. The summed E-state index contributed by atoms with van der Waals surface area (Å²) in [5.41, 5.74) is 6.72. The average molecular weight is 253 g/mol. The van der Waals surface area contributed by atoms with Crippen molar-refractivity contribution < 1.29 is 14.7 Å². The molecule has 0 aliphatic carbocycles. The maximum absolute atomic E-state index is 12.2. The number of morpholine rings is 1. The summed E-state index contributed by atoms with van der Waals surface area (Å²) in [5.74, 6) is -0.170. The molecule has 1 saturated heterocycles. The summed E-state index contributed by atoms with van der Waals surface area (Å²) in [6, 6.07) is 0. The molecule has 0 spiro atoms. The Kier molecular flexibility index (Phi) is 3.47. The molecule has 0 radical (unpaired) electrons. The monoisotopic (exact) mass is 253 g/mol. The molecule has 1 unspecified atom stereocenters. The SMILES string of the molecule is Cc1[nH]ncc1C(=O)N1CCOC(C(N)=NO)C1. The normalized spacial score (nSPS) is 21.1. The summed E-state index contributed by atoms with van der Waals surface area (Å²) >= 11 is 0. The van der Waals surface area contributed by atoms with Gasteiger partial charge in [0.1, 0.15) is 6.10 Å². The Bertz CT molecular complexity index is 470. The minimum atomic E-state index is -0.570. The van der Waals surface area contributed by atoms with Crippen molar-refractivity contribution in [2.45, 2.75) is 13.0 Å². The van der Waals surface area contributed by atoms with Gasteiger partial charge in [0.15, 0.2) is 5.84 Å². The number of nitrogens with two attached hydrogens (primary N) is 1. The fourth-order valence-electron chi connectivity index (χ4n) is 1.81. The number of aromatic amines is 1. The van der Waals surface area contributed by atoms with Crippen molar-refractivity contribution >= 4 is 11.7 Å². The van der Waals surface area contributed by atoms with Gasteiger partial charge in [-0.05, 0) is 6.92 Å². The van der Waals surface area contributed by atoms with Gasteiger partial charge >= 0.3 is 0 Å². The van der Waals surface area contributed by atoms with Gasteiger partial charge in [0.2, 0.25) is 0 Å². The third kappa shape index (κ3) is 2.28. The number of carbonyl (C=O) groups excluding carboxylic acids is 1. The zero-order valence-electron chi connectivity index (χ0n) is 9.96. The first-order valence-corrected chi connectivity index (χ1v) is 5.51. The second-order valence-electron chi connectivity index (χ2n) is 4.04. The quantitative estimate of drug-likeness (QED) is 0.279. The highest BCUT2D eigenvalue weighted by Gasteiger charge is 2.28. The van der Waals surface area contributed by atoms with Crippen LogP contribution in [-0.2, 0) is 4.74 Å². The van der Waals surface area contributed by atoms with Crippen molar-refractivity contribution in [1.29, 1.82) is 0 Å². The molecule has 98 valence electrons. The number of oxime groups is 1. The van der Waals surface area contributed by atoms with E-state index in [-0.39, 0.29) is 18.3 Å². The van der Waals surface area contributed by atoms with E-state index in [1.807, 2.05) is 0 Å². The van der Waals surface area contributed by atoms with E-state index in [1.54, 1.807) is 11.8 Å². The second kappa shape index (κ2) is 5.05. The molecule has 0 saturated carbocycles. The first-order chi connectivity index (χ1) is 8.63. The lowest BCUT2D eigenvalue weighted by molar-refractivity contribution is 0.00672. The smallest absolute Gasteiger partial charge is 0.257 e. The van der Waals surface area contributed by atoms with Gasteiger partial charge in [0.25, 0.3) is 5.91 Å². The van der Waals surface area contributed by atoms with Crippen molar-refractivity contribution in [3.8, 4) is 0 Å². The average Bonchev–Trinajstić information content (AvgIpc) is 2.83. The number of ether oxygens (including phenoxy) is 1.